The highest BCUT2D eigenvalue weighted by molar-refractivity contribution is 6.00. The van der Waals surface area contributed by atoms with E-state index in [1.165, 1.54) is 0 Å². The van der Waals surface area contributed by atoms with Crippen molar-refractivity contribution in [3.63, 3.8) is 0 Å². The number of aromatic amines is 2. The van der Waals surface area contributed by atoms with Crippen molar-refractivity contribution in [3.8, 4) is 22.6 Å². The Labute approximate surface area is 258 Å². The first-order chi connectivity index (χ1) is 21.7. The first-order valence-corrected chi connectivity index (χ1v) is 14.8. The lowest BCUT2D eigenvalue weighted by Gasteiger charge is -2.39. The summed E-state index contributed by atoms with van der Waals surface area (Å²) in [6.07, 6.45) is 4.00. The van der Waals surface area contributed by atoms with Gasteiger partial charge in [0.05, 0.1) is 17.8 Å². The zero-order chi connectivity index (χ0) is 31.3. The van der Waals surface area contributed by atoms with E-state index in [9.17, 15) is 14.4 Å². The van der Waals surface area contributed by atoms with Gasteiger partial charge in [0.25, 0.3) is 11.8 Å². The second-order valence-electron chi connectivity index (χ2n) is 12.6. The Bertz CT molecular complexity index is 1840. The van der Waals surface area contributed by atoms with Gasteiger partial charge >= 0.3 is 0 Å². The van der Waals surface area contributed by atoms with E-state index in [4.69, 9.17) is 0 Å². The Morgan fingerprint density at radius 2 is 1.69 bits per heavy atom. The largest absolute Gasteiger partial charge is 0.351 e. The molecule has 6 heterocycles. The van der Waals surface area contributed by atoms with Crippen LogP contribution in [0.1, 0.15) is 48.2 Å². The zero-order valence-corrected chi connectivity index (χ0v) is 25.1. The number of para-hydroxylation sites is 1. The van der Waals surface area contributed by atoms with Crippen LogP contribution >= 0.6 is 0 Å². The van der Waals surface area contributed by atoms with E-state index in [1.54, 1.807) is 24.5 Å². The molecule has 2 aliphatic rings. The van der Waals surface area contributed by atoms with Crippen LogP contribution in [0, 0.1) is 5.41 Å². The van der Waals surface area contributed by atoms with Crippen molar-refractivity contribution in [2.45, 2.75) is 45.3 Å². The summed E-state index contributed by atoms with van der Waals surface area (Å²) in [5, 5.41) is 17.7. The van der Waals surface area contributed by atoms with Crippen LogP contribution in [0.2, 0.25) is 0 Å². The molecule has 5 aromatic rings. The summed E-state index contributed by atoms with van der Waals surface area (Å²) >= 11 is 0. The number of H-pyrrole nitrogens is 2. The number of carbonyl (C=O) groups excluding carboxylic acids is 3. The van der Waals surface area contributed by atoms with Crippen LogP contribution in [0.15, 0.2) is 67.0 Å². The molecule has 228 valence electrons. The fourth-order valence-electron chi connectivity index (χ4n) is 6.21. The average Bonchev–Trinajstić information content (AvgIpc) is 3.86. The van der Waals surface area contributed by atoms with Crippen LogP contribution in [0.3, 0.4) is 0 Å². The molecular weight excluding hydrogens is 572 g/mol. The number of hydrogen-bond acceptors (Lipinski definition) is 8. The van der Waals surface area contributed by atoms with Crippen LogP contribution < -0.4 is 5.32 Å². The van der Waals surface area contributed by atoms with E-state index < -0.39 is 11.5 Å². The highest BCUT2D eigenvalue weighted by atomic mass is 16.2. The van der Waals surface area contributed by atoms with Crippen molar-refractivity contribution in [1.82, 2.24) is 50.7 Å². The molecule has 0 saturated carbocycles. The highest BCUT2D eigenvalue weighted by Crippen LogP contribution is 2.34. The molecule has 2 aliphatic heterocycles. The molecule has 0 aliphatic carbocycles. The van der Waals surface area contributed by atoms with E-state index >= 15 is 0 Å². The summed E-state index contributed by atoms with van der Waals surface area (Å²) in [5.74, 6) is -0.0975. The van der Waals surface area contributed by atoms with Gasteiger partial charge in [-0.05, 0) is 58.7 Å². The second-order valence-corrected chi connectivity index (χ2v) is 12.6. The summed E-state index contributed by atoms with van der Waals surface area (Å²) in [6, 6.07) is 15.7. The molecule has 1 aromatic carbocycles. The number of likely N-dealkylation sites (tertiary alicyclic amines) is 2. The number of fused-ring (bicyclic) bond motifs is 3. The molecule has 4 aromatic heterocycles. The van der Waals surface area contributed by atoms with Crippen molar-refractivity contribution in [2.24, 2.45) is 5.41 Å². The second kappa shape index (κ2) is 10.9. The molecular formula is C32H32N10O3. The zero-order valence-electron chi connectivity index (χ0n) is 25.1. The molecule has 3 atom stereocenters. The number of rotatable bonds is 6. The normalized spacial score (nSPS) is 18.4. The maximum atomic E-state index is 13.9. The van der Waals surface area contributed by atoms with Crippen LogP contribution in [0.25, 0.3) is 33.5 Å². The third-order valence-corrected chi connectivity index (χ3v) is 8.61. The minimum Gasteiger partial charge on any atom is -0.351 e. The number of piperazine rings is 1. The molecule has 0 spiro atoms. The Balaban J connectivity index is 1.00. The Kier molecular flexibility index (Phi) is 6.87. The van der Waals surface area contributed by atoms with E-state index in [0.717, 1.165) is 22.0 Å². The van der Waals surface area contributed by atoms with Crippen LogP contribution in [0.4, 0.5) is 0 Å². The van der Waals surface area contributed by atoms with Crippen molar-refractivity contribution >= 4 is 28.6 Å². The predicted molar refractivity (Wildman–Crippen MR) is 165 cm³/mol. The van der Waals surface area contributed by atoms with E-state index in [1.807, 2.05) is 73.0 Å². The third kappa shape index (κ3) is 5.30. The smallest absolute Gasteiger partial charge is 0.272 e. The Morgan fingerprint density at radius 1 is 0.933 bits per heavy atom. The summed E-state index contributed by atoms with van der Waals surface area (Å²) in [5.41, 5.74) is 3.32. The molecule has 0 unspecified atom stereocenters. The minimum absolute atomic E-state index is 0.113. The van der Waals surface area contributed by atoms with Gasteiger partial charge in [-0.15, -0.1) is 5.10 Å². The van der Waals surface area contributed by atoms with Crippen LogP contribution in [-0.4, -0.2) is 94.3 Å². The summed E-state index contributed by atoms with van der Waals surface area (Å²) in [6.45, 7) is 6.67. The quantitative estimate of drug-likeness (QED) is 0.266. The number of nitrogens with one attached hydrogen (secondary N) is 3. The van der Waals surface area contributed by atoms with Crippen molar-refractivity contribution in [3.05, 3.63) is 78.4 Å². The molecule has 13 nitrogen and oxygen atoms in total. The lowest BCUT2D eigenvalue weighted by Crippen LogP contribution is -2.59. The number of hydrogen-bond donors (Lipinski definition) is 3. The molecule has 3 N–H and O–H groups in total. The monoisotopic (exact) mass is 604 g/mol. The van der Waals surface area contributed by atoms with E-state index in [-0.39, 0.29) is 29.8 Å². The van der Waals surface area contributed by atoms with Gasteiger partial charge in [-0.1, -0.05) is 39.0 Å². The number of tetrazole rings is 1. The predicted octanol–water partition coefficient (Wildman–Crippen LogP) is 3.08. The van der Waals surface area contributed by atoms with Gasteiger partial charge in [-0.25, -0.2) is 5.10 Å². The Morgan fingerprint density at radius 3 is 2.33 bits per heavy atom. The average molecular weight is 605 g/mol. The highest BCUT2D eigenvalue weighted by Gasteiger charge is 2.50. The molecule has 3 amide bonds. The number of nitrogens with zero attached hydrogens (tertiary/aromatic N) is 7. The van der Waals surface area contributed by atoms with Gasteiger partial charge in [-0.3, -0.25) is 24.4 Å². The minimum atomic E-state index is -0.732. The molecule has 0 radical (unpaired) electrons. The Hall–Kier alpha value is -5.46. The summed E-state index contributed by atoms with van der Waals surface area (Å²) in [7, 11) is 0. The number of amides is 3. The molecule has 2 saturated heterocycles. The summed E-state index contributed by atoms with van der Waals surface area (Å²) in [4.78, 5) is 56.3. The van der Waals surface area contributed by atoms with Crippen LogP contribution in [-0.2, 0) is 4.79 Å². The lowest BCUT2D eigenvalue weighted by molar-refractivity contribution is -0.138. The maximum absolute atomic E-state index is 13.9. The fourth-order valence-corrected chi connectivity index (χ4v) is 6.21. The fraction of sp³-hybridized carbons (Fsp3) is 0.312. The molecule has 45 heavy (non-hydrogen) atoms. The van der Waals surface area contributed by atoms with Crippen molar-refractivity contribution < 1.29 is 14.4 Å². The van der Waals surface area contributed by atoms with Gasteiger partial charge in [0.15, 0.2) is 5.82 Å². The first-order valence-electron chi connectivity index (χ1n) is 14.8. The molecule has 2 fully saturated rings. The molecule has 7 rings (SSSR count). The number of carbonyl (C=O) groups is 3. The van der Waals surface area contributed by atoms with Crippen molar-refractivity contribution in [2.75, 3.05) is 13.1 Å². The third-order valence-electron chi connectivity index (χ3n) is 8.61. The number of benzene rings is 1. The maximum Gasteiger partial charge on any atom is 0.272 e. The van der Waals surface area contributed by atoms with E-state index in [0.29, 0.717) is 42.4 Å². The number of pyridine rings is 2. The van der Waals surface area contributed by atoms with Gasteiger partial charge in [0, 0.05) is 47.5 Å². The van der Waals surface area contributed by atoms with Crippen molar-refractivity contribution in [1.29, 1.82) is 0 Å². The van der Waals surface area contributed by atoms with E-state index in [2.05, 4.69) is 40.9 Å². The van der Waals surface area contributed by atoms with Gasteiger partial charge in [0.1, 0.15) is 17.4 Å². The lowest BCUT2D eigenvalue weighted by atomic mass is 9.85. The van der Waals surface area contributed by atoms with Crippen LogP contribution in [0.5, 0.6) is 0 Å². The SMILES string of the molecule is CC(C)(C)[C@H](NC(=O)c1cc2ccccc2[nH]1)C(=O)N1C[C@@H]2C[C@H]1CN2C(=O)c1ccc(-c2ccc(-c3nnn[nH]3)cn2)cn1. The standard InChI is InChI=1S/C32H32N10O3/c1-32(2,3)27(36-29(43)26-12-18-6-4-5-7-24(18)35-26)31(45)42-17-21-13-22(42)16-41(21)30(44)25-11-8-19(14-34-25)23-10-9-20(15-33-23)28-37-39-40-38-28/h4-12,14-15,21-22,27,35H,13,16-17H2,1-3H3,(H,36,43)(H,37,38,39,40)/t21-,22-,27+/m0/s1. The van der Waals surface area contributed by atoms with Gasteiger partial charge in [-0.2, -0.15) is 0 Å². The number of aromatic nitrogens is 7. The molecule has 2 bridgehead atoms. The first kappa shape index (κ1) is 28.3. The van der Waals surface area contributed by atoms with Gasteiger partial charge in [0.2, 0.25) is 5.91 Å². The molecule has 13 heteroatoms. The summed E-state index contributed by atoms with van der Waals surface area (Å²) < 4.78 is 0. The topological polar surface area (TPSA) is 166 Å². The van der Waals surface area contributed by atoms with Gasteiger partial charge < -0.3 is 20.1 Å².